The van der Waals surface area contributed by atoms with Gasteiger partial charge in [-0.25, -0.2) is 8.42 Å². The van der Waals surface area contributed by atoms with Crippen LogP contribution in [0.2, 0.25) is 0 Å². The van der Waals surface area contributed by atoms with Crippen molar-refractivity contribution < 1.29 is 17.9 Å². The first-order chi connectivity index (χ1) is 6.38. The summed E-state index contributed by atoms with van der Waals surface area (Å²) in [5, 5.41) is -0.751. The summed E-state index contributed by atoms with van der Waals surface area (Å²) in [4.78, 5) is 11.3. The summed E-state index contributed by atoms with van der Waals surface area (Å²) in [6.07, 6.45) is 0.183. The van der Waals surface area contributed by atoms with Gasteiger partial charge in [-0.3, -0.25) is 4.79 Å². The molecule has 2 atom stereocenters. The Morgan fingerprint density at radius 2 is 2.14 bits per heavy atom. The third-order valence-corrected chi connectivity index (χ3v) is 4.69. The maximum atomic E-state index is 11.4. The minimum absolute atomic E-state index is 0.00994. The van der Waals surface area contributed by atoms with Crippen molar-refractivity contribution in [2.45, 2.75) is 31.1 Å². The van der Waals surface area contributed by atoms with Crippen molar-refractivity contribution in [3.05, 3.63) is 0 Å². The minimum atomic E-state index is -3.22. The largest absolute Gasteiger partial charge is 0.465 e. The van der Waals surface area contributed by atoms with E-state index in [9.17, 15) is 13.2 Å². The zero-order valence-corrected chi connectivity index (χ0v) is 9.13. The van der Waals surface area contributed by atoms with E-state index in [0.717, 1.165) is 0 Å². The van der Waals surface area contributed by atoms with Gasteiger partial charge in [0.05, 0.1) is 11.9 Å². The van der Waals surface area contributed by atoms with Crippen molar-refractivity contribution in [2.75, 3.05) is 12.4 Å². The van der Waals surface area contributed by atoms with Crippen LogP contribution in [0.5, 0.6) is 0 Å². The third-order valence-electron chi connectivity index (χ3n) is 2.43. The van der Waals surface area contributed by atoms with E-state index in [0.29, 0.717) is 0 Å². The van der Waals surface area contributed by atoms with Gasteiger partial charge in [0.15, 0.2) is 9.84 Å². The number of rotatable bonds is 4. The summed E-state index contributed by atoms with van der Waals surface area (Å²) in [6.45, 7) is 3.42. The Bertz CT molecular complexity index is 337. The van der Waals surface area contributed by atoms with Crippen LogP contribution in [0.3, 0.4) is 0 Å². The molecule has 6 heteroatoms. The van der Waals surface area contributed by atoms with E-state index in [4.69, 9.17) is 10.5 Å². The number of carbonyl (C=O) groups excluding carboxylic acids is 1. The molecule has 0 heterocycles. The lowest BCUT2D eigenvalue weighted by atomic mass is 10.3. The molecule has 0 aromatic rings. The SMILES string of the molecule is CCOC(=O)[C@]1(N)C[C@H]1S(=O)(=O)CC. The van der Waals surface area contributed by atoms with Crippen LogP contribution >= 0.6 is 0 Å². The second-order valence-electron chi connectivity index (χ2n) is 3.41. The molecule has 0 saturated heterocycles. The Kier molecular flexibility index (Phi) is 2.87. The maximum absolute atomic E-state index is 11.4. The molecule has 14 heavy (non-hydrogen) atoms. The molecule has 1 saturated carbocycles. The number of hydrogen-bond acceptors (Lipinski definition) is 5. The molecular weight excluding hydrogens is 206 g/mol. The molecular formula is C8H15NO4S. The molecule has 1 rings (SSSR count). The summed E-state index contributed by atoms with van der Waals surface area (Å²) in [5.74, 6) is -0.599. The van der Waals surface area contributed by atoms with Crippen LogP contribution in [0.1, 0.15) is 20.3 Å². The fraction of sp³-hybridized carbons (Fsp3) is 0.875. The molecule has 0 amide bonds. The summed E-state index contributed by atoms with van der Waals surface area (Å²) in [6, 6.07) is 0. The van der Waals surface area contributed by atoms with Crippen LogP contribution in [0, 0.1) is 0 Å². The third kappa shape index (κ3) is 1.76. The Balaban J connectivity index is 2.72. The molecule has 1 aliphatic rings. The highest BCUT2D eigenvalue weighted by atomic mass is 32.2. The lowest BCUT2D eigenvalue weighted by Gasteiger charge is -2.09. The maximum Gasteiger partial charge on any atom is 0.327 e. The average Bonchev–Trinajstić information content (AvgIpc) is 2.81. The predicted octanol–water partition coefficient (Wildman–Crippen LogP) is -0.546. The van der Waals surface area contributed by atoms with Crippen molar-refractivity contribution >= 4 is 15.8 Å². The van der Waals surface area contributed by atoms with E-state index < -0.39 is 26.6 Å². The zero-order valence-electron chi connectivity index (χ0n) is 8.32. The van der Waals surface area contributed by atoms with Crippen molar-refractivity contribution in [1.29, 1.82) is 0 Å². The van der Waals surface area contributed by atoms with Crippen molar-refractivity contribution in [1.82, 2.24) is 0 Å². The first-order valence-electron chi connectivity index (χ1n) is 4.56. The fourth-order valence-electron chi connectivity index (χ4n) is 1.38. The van der Waals surface area contributed by atoms with Crippen LogP contribution in [0.4, 0.5) is 0 Å². The quantitative estimate of drug-likeness (QED) is 0.644. The van der Waals surface area contributed by atoms with Crippen molar-refractivity contribution in [3.8, 4) is 0 Å². The van der Waals surface area contributed by atoms with Gasteiger partial charge in [-0.15, -0.1) is 0 Å². The molecule has 0 unspecified atom stereocenters. The van der Waals surface area contributed by atoms with E-state index in [1.54, 1.807) is 13.8 Å². The van der Waals surface area contributed by atoms with Gasteiger partial charge in [0.25, 0.3) is 0 Å². The van der Waals surface area contributed by atoms with Gasteiger partial charge in [-0.1, -0.05) is 6.92 Å². The standard InChI is InChI=1S/C8H15NO4S/c1-3-13-7(10)8(9)5-6(8)14(11,12)4-2/h6H,3-5,9H2,1-2H3/t6-,8+/m1/s1. The molecule has 5 nitrogen and oxygen atoms in total. The predicted molar refractivity (Wildman–Crippen MR) is 51.4 cm³/mol. The monoisotopic (exact) mass is 221 g/mol. The van der Waals surface area contributed by atoms with Gasteiger partial charge in [0.2, 0.25) is 0 Å². The fourth-order valence-corrected chi connectivity index (χ4v) is 3.05. The van der Waals surface area contributed by atoms with Crippen LogP contribution in [-0.2, 0) is 19.4 Å². The number of esters is 1. The molecule has 0 aromatic carbocycles. The van der Waals surface area contributed by atoms with Crippen LogP contribution in [-0.4, -0.2) is 37.5 Å². The van der Waals surface area contributed by atoms with Crippen LogP contribution in [0.15, 0.2) is 0 Å². The normalized spacial score (nSPS) is 31.2. The van der Waals surface area contributed by atoms with Gasteiger partial charge in [0.1, 0.15) is 5.54 Å². The molecule has 0 spiro atoms. The van der Waals surface area contributed by atoms with Crippen LogP contribution < -0.4 is 5.73 Å². The van der Waals surface area contributed by atoms with Gasteiger partial charge >= 0.3 is 5.97 Å². The van der Waals surface area contributed by atoms with Crippen molar-refractivity contribution in [3.63, 3.8) is 0 Å². The van der Waals surface area contributed by atoms with E-state index in [1.165, 1.54) is 0 Å². The number of sulfone groups is 1. The number of carbonyl (C=O) groups is 1. The molecule has 0 aromatic heterocycles. The molecule has 0 aliphatic heterocycles. The number of ether oxygens (including phenoxy) is 1. The molecule has 0 radical (unpaired) electrons. The Hall–Kier alpha value is -0.620. The van der Waals surface area contributed by atoms with E-state index in [2.05, 4.69) is 0 Å². The van der Waals surface area contributed by atoms with Crippen molar-refractivity contribution in [2.24, 2.45) is 5.73 Å². The van der Waals surface area contributed by atoms with E-state index in [-0.39, 0.29) is 18.8 Å². The molecule has 1 fully saturated rings. The lowest BCUT2D eigenvalue weighted by Crippen LogP contribution is -2.40. The molecule has 2 N–H and O–H groups in total. The Morgan fingerprint density at radius 3 is 2.57 bits per heavy atom. The molecule has 0 bridgehead atoms. The first kappa shape index (κ1) is 11.5. The second kappa shape index (κ2) is 3.51. The van der Waals surface area contributed by atoms with E-state index >= 15 is 0 Å². The summed E-state index contributed by atoms with van der Waals surface area (Å²) in [5.41, 5.74) is 4.34. The lowest BCUT2D eigenvalue weighted by molar-refractivity contribution is -0.145. The second-order valence-corrected chi connectivity index (χ2v) is 5.88. The van der Waals surface area contributed by atoms with Gasteiger partial charge in [-0.2, -0.15) is 0 Å². The van der Waals surface area contributed by atoms with Gasteiger partial charge in [-0.05, 0) is 13.3 Å². The summed E-state index contributed by atoms with van der Waals surface area (Å²) >= 11 is 0. The highest BCUT2D eigenvalue weighted by molar-refractivity contribution is 7.92. The molecule has 1 aliphatic carbocycles. The minimum Gasteiger partial charge on any atom is -0.465 e. The van der Waals surface area contributed by atoms with Gasteiger partial charge in [0, 0.05) is 5.75 Å². The Morgan fingerprint density at radius 1 is 1.57 bits per heavy atom. The summed E-state index contributed by atoms with van der Waals surface area (Å²) < 4.78 is 27.5. The first-order valence-corrected chi connectivity index (χ1v) is 6.27. The smallest absolute Gasteiger partial charge is 0.327 e. The topological polar surface area (TPSA) is 86.5 Å². The highest BCUT2D eigenvalue weighted by Crippen LogP contribution is 2.40. The van der Waals surface area contributed by atoms with E-state index in [1.807, 2.05) is 0 Å². The van der Waals surface area contributed by atoms with Crippen LogP contribution in [0.25, 0.3) is 0 Å². The Labute approximate surface area is 83.5 Å². The molecule has 82 valence electrons. The number of hydrogen-bond donors (Lipinski definition) is 1. The average molecular weight is 221 g/mol. The summed E-state index contributed by atoms with van der Waals surface area (Å²) in [7, 11) is -3.22. The number of nitrogens with two attached hydrogens (primary N) is 1. The zero-order chi connectivity index (χ0) is 11.0. The highest BCUT2D eigenvalue weighted by Gasteiger charge is 2.64. The van der Waals surface area contributed by atoms with Gasteiger partial charge < -0.3 is 10.5 Å².